The first-order valence-corrected chi connectivity index (χ1v) is 10.2. The number of pyridine rings is 1. The van der Waals surface area contributed by atoms with Crippen LogP contribution in [-0.2, 0) is 6.54 Å². The van der Waals surface area contributed by atoms with Crippen molar-refractivity contribution in [3.8, 4) is 11.3 Å². The summed E-state index contributed by atoms with van der Waals surface area (Å²) in [5.41, 5.74) is 18.2. The van der Waals surface area contributed by atoms with E-state index in [0.717, 1.165) is 39.1 Å². The van der Waals surface area contributed by atoms with Crippen LogP contribution < -0.4 is 11.5 Å². The van der Waals surface area contributed by atoms with Crippen LogP contribution in [0, 0.1) is 6.92 Å². The minimum absolute atomic E-state index is 0.0510. The standard InChI is InChI=1S/C24H23N7O/c1-13-27-22-18(11-21(26)30-23(22)28-13)20-10-16-9-15(5-8-19(16)29-20)24(32)31(2)12-14-3-6-17(25)7-4-14/h3-11,29H,12,25H2,1-2H3,(H3,26,27,28,30). The monoisotopic (exact) mass is 425 g/mol. The lowest BCUT2D eigenvalue weighted by Gasteiger charge is -2.17. The average Bonchev–Trinajstić information content (AvgIpc) is 3.36. The maximum Gasteiger partial charge on any atom is 0.253 e. The van der Waals surface area contributed by atoms with E-state index in [4.69, 9.17) is 11.5 Å². The van der Waals surface area contributed by atoms with Crippen molar-refractivity contribution in [2.45, 2.75) is 13.5 Å². The van der Waals surface area contributed by atoms with Gasteiger partial charge in [0.25, 0.3) is 5.91 Å². The normalized spacial score (nSPS) is 11.3. The lowest BCUT2D eigenvalue weighted by Crippen LogP contribution is -2.26. The van der Waals surface area contributed by atoms with Crippen molar-refractivity contribution in [2.75, 3.05) is 18.5 Å². The zero-order chi connectivity index (χ0) is 22.4. The Bertz CT molecular complexity index is 1460. The van der Waals surface area contributed by atoms with Crippen LogP contribution in [0.5, 0.6) is 0 Å². The summed E-state index contributed by atoms with van der Waals surface area (Å²) >= 11 is 0. The summed E-state index contributed by atoms with van der Waals surface area (Å²) in [6.45, 7) is 2.38. The SMILES string of the molecule is Cc1nc2c(-c3cc4cc(C(=O)N(C)Cc5ccc(N)cc5)ccc4[nH]3)cc(N)nc2[nH]1. The molecule has 1 amide bonds. The highest BCUT2D eigenvalue weighted by Gasteiger charge is 2.16. The van der Waals surface area contributed by atoms with E-state index in [1.165, 1.54) is 0 Å². The molecule has 0 aliphatic carbocycles. The van der Waals surface area contributed by atoms with Gasteiger partial charge in [0, 0.05) is 47.0 Å². The Morgan fingerprint density at radius 1 is 1.00 bits per heavy atom. The van der Waals surface area contributed by atoms with Gasteiger partial charge in [0.15, 0.2) is 5.65 Å². The topological polar surface area (TPSA) is 130 Å². The average molecular weight is 425 g/mol. The number of rotatable bonds is 4. The molecule has 0 aliphatic heterocycles. The number of hydrogen-bond donors (Lipinski definition) is 4. The number of aromatic amines is 2. The van der Waals surface area contributed by atoms with Crippen molar-refractivity contribution in [3.05, 3.63) is 71.5 Å². The third-order valence-corrected chi connectivity index (χ3v) is 5.50. The second-order valence-corrected chi connectivity index (χ2v) is 8.00. The second kappa shape index (κ2) is 7.42. The van der Waals surface area contributed by atoms with E-state index in [1.54, 1.807) is 18.0 Å². The largest absolute Gasteiger partial charge is 0.399 e. The number of imidazole rings is 1. The van der Waals surface area contributed by atoms with E-state index in [9.17, 15) is 4.79 Å². The van der Waals surface area contributed by atoms with Crippen molar-refractivity contribution in [1.29, 1.82) is 0 Å². The number of aryl methyl sites for hydroxylation is 1. The van der Waals surface area contributed by atoms with E-state index < -0.39 is 0 Å². The summed E-state index contributed by atoms with van der Waals surface area (Å²) in [4.78, 5) is 30.1. The molecule has 8 heteroatoms. The van der Waals surface area contributed by atoms with E-state index in [2.05, 4.69) is 19.9 Å². The minimum Gasteiger partial charge on any atom is -0.399 e. The summed E-state index contributed by atoms with van der Waals surface area (Å²) in [6.07, 6.45) is 0. The summed E-state index contributed by atoms with van der Waals surface area (Å²) in [5, 5.41) is 0.933. The van der Waals surface area contributed by atoms with Gasteiger partial charge < -0.3 is 26.3 Å². The number of nitrogens with one attached hydrogen (secondary N) is 2. The fourth-order valence-corrected chi connectivity index (χ4v) is 3.93. The third kappa shape index (κ3) is 3.51. The number of anilines is 2. The van der Waals surface area contributed by atoms with Gasteiger partial charge >= 0.3 is 0 Å². The Morgan fingerprint density at radius 3 is 2.56 bits per heavy atom. The molecular weight excluding hydrogens is 402 g/mol. The molecule has 0 spiro atoms. The molecule has 0 aliphatic rings. The third-order valence-electron chi connectivity index (χ3n) is 5.50. The smallest absolute Gasteiger partial charge is 0.253 e. The molecule has 5 aromatic rings. The van der Waals surface area contributed by atoms with Crippen LogP contribution in [0.25, 0.3) is 33.3 Å². The van der Waals surface area contributed by atoms with Gasteiger partial charge in [-0.15, -0.1) is 0 Å². The Hall–Kier alpha value is -4.33. The molecule has 6 N–H and O–H groups in total. The van der Waals surface area contributed by atoms with Gasteiger partial charge in [0.2, 0.25) is 0 Å². The number of nitrogens with zero attached hydrogens (tertiary/aromatic N) is 3. The van der Waals surface area contributed by atoms with Crippen molar-refractivity contribution in [2.24, 2.45) is 0 Å². The van der Waals surface area contributed by atoms with Crippen molar-refractivity contribution in [1.82, 2.24) is 24.8 Å². The molecule has 5 rings (SSSR count). The van der Waals surface area contributed by atoms with Gasteiger partial charge in [-0.2, -0.15) is 0 Å². The number of H-pyrrole nitrogens is 2. The number of benzene rings is 2. The zero-order valence-corrected chi connectivity index (χ0v) is 17.8. The number of nitrogen functional groups attached to an aromatic ring is 2. The highest BCUT2D eigenvalue weighted by atomic mass is 16.2. The molecule has 3 heterocycles. The molecule has 160 valence electrons. The predicted molar refractivity (Wildman–Crippen MR) is 127 cm³/mol. The zero-order valence-electron chi connectivity index (χ0n) is 17.8. The maximum absolute atomic E-state index is 13.0. The Balaban J connectivity index is 1.47. The van der Waals surface area contributed by atoms with Crippen molar-refractivity contribution >= 4 is 39.5 Å². The van der Waals surface area contributed by atoms with Crippen molar-refractivity contribution in [3.63, 3.8) is 0 Å². The number of fused-ring (bicyclic) bond motifs is 2. The van der Waals surface area contributed by atoms with E-state index in [1.807, 2.05) is 55.5 Å². The second-order valence-electron chi connectivity index (χ2n) is 8.00. The molecule has 0 fully saturated rings. The van der Waals surface area contributed by atoms with Gasteiger partial charge in [-0.05, 0) is 55.0 Å². The fourth-order valence-electron chi connectivity index (χ4n) is 3.93. The maximum atomic E-state index is 13.0. The van der Waals surface area contributed by atoms with E-state index in [0.29, 0.717) is 29.3 Å². The molecule has 32 heavy (non-hydrogen) atoms. The molecule has 0 saturated carbocycles. The molecule has 0 atom stereocenters. The molecule has 0 radical (unpaired) electrons. The molecule has 0 bridgehead atoms. The Labute approximate surface area is 184 Å². The lowest BCUT2D eigenvalue weighted by atomic mass is 10.1. The Kier molecular flexibility index (Phi) is 4.55. The molecule has 8 nitrogen and oxygen atoms in total. The summed E-state index contributed by atoms with van der Waals surface area (Å²) in [6, 6.07) is 17.0. The highest BCUT2D eigenvalue weighted by molar-refractivity contribution is 6.00. The first-order chi connectivity index (χ1) is 15.4. The van der Waals surface area contributed by atoms with Gasteiger partial charge in [-0.3, -0.25) is 4.79 Å². The van der Waals surface area contributed by atoms with Crippen LogP contribution in [0.2, 0.25) is 0 Å². The summed E-state index contributed by atoms with van der Waals surface area (Å²) in [5.74, 6) is 1.13. The summed E-state index contributed by atoms with van der Waals surface area (Å²) in [7, 11) is 1.79. The number of hydrogen-bond acceptors (Lipinski definition) is 5. The van der Waals surface area contributed by atoms with Crippen LogP contribution in [0.4, 0.5) is 11.5 Å². The lowest BCUT2D eigenvalue weighted by molar-refractivity contribution is 0.0785. The number of nitrogens with two attached hydrogens (primary N) is 2. The van der Waals surface area contributed by atoms with Crippen LogP contribution in [0.3, 0.4) is 0 Å². The molecule has 2 aromatic carbocycles. The minimum atomic E-state index is -0.0510. The van der Waals surface area contributed by atoms with Gasteiger partial charge in [0.1, 0.15) is 17.2 Å². The fraction of sp³-hybridized carbons (Fsp3) is 0.125. The van der Waals surface area contributed by atoms with Gasteiger partial charge in [-0.25, -0.2) is 9.97 Å². The van der Waals surface area contributed by atoms with Crippen LogP contribution in [-0.4, -0.2) is 37.8 Å². The number of amides is 1. The predicted octanol–water partition coefficient (Wildman–Crippen LogP) is 3.85. The van der Waals surface area contributed by atoms with E-state index in [-0.39, 0.29) is 5.91 Å². The Morgan fingerprint density at radius 2 is 1.78 bits per heavy atom. The number of aromatic nitrogens is 4. The number of carbonyl (C=O) groups excluding carboxylic acids is 1. The first kappa shape index (κ1) is 19.6. The van der Waals surface area contributed by atoms with Crippen LogP contribution in [0.15, 0.2) is 54.6 Å². The molecule has 0 unspecified atom stereocenters. The van der Waals surface area contributed by atoms with Crippen LogP contribution in [0.1, 0.15) is 21.7 Å². The van der Waals surface area contributed by atoms with Gasteiger partial charge in [0.05, 0.1) is 0 Å². The highest BCUT2D eigenvalue weighted by Crippen LogP contribution is 2.30. The van der Waals surface area contributed by atoms with Gasteiger partial charge in [-0.1, -0.05) is 12.1 Å². The quantitative estimate of drug-likeness (QED) is 0.325. The van der Waals surface area contributed by atoms with Crippen LogP contribution >= 0.6 is 0 Å². The molecular formula is C24H23N7O. The first-order valence-electron chi connectivity index (χ1n) is 10.2. The molecule has 3 aromatic heterocycles. The van der Waals surface area contributed by atoms with E-state index >= 15 is 0 Å². The number of carbonyl (C=O) groups is 1. The molecule has 0 saturated heterocycles. The van der Waals surface area contributed by atoms with Crippen molar-refractivity contribution < 1.29 is 4.79 Å². The summed E-state index contributed by atoms with van der Waals surface area (Å²) < 4.78 is 0.